The minimum Gasteiger partial charge on any atom is -0.482 e. The normalized spacial score (nSPS) is 11.9. The predicted molar refractivity (Wildman–Crippen MR) is 67.4 cm³/mol. The third-order valence-corrected chi connectivity index (χ3v) is 2.33. The molecule has 1 atom stereocenters. The Kier molecular flexibility index (Phi) is 6.48. The van der Waals surface area contributed by atoms with E-state index in [4.69, 9.17) is 21.1 Å². The highest BCUT2D eigenvalue weighted by Crippen LogP contribution is 2.08. The molecule has 4 heteroatoms. The maximum absolute atomic E-state index is 11.3. The third kappa shape index (κ3) is 6.84. The molecule has 3 nitrogen and oxygen atoms in total. The second-order valence-electron chi connectivity index (χ2n) is 3.75. The summed E-state index contributed by atoms with van der Waals surface area (Å²) in [5, 5.41) is 0.120. The van der Waals surface area contributed by atoms with Gasteiger partial charge in [-0.05, 0) is 31.9 Å². The maximum atomic E-state index is 11.3. The summed E-state index contributed by atoms with van der Waals surface area (Å²) >= 11 is 5.77. The van der Waals surface area contributed by atoms with Crippen molar-refractivity contribution in [2.45, 2.75) is 25.1 Å². The van der Waals surface area contributed by atoms with E-state index in [0.717, 1.165) is 12.8 Å². The second-order valence-corrected chi connectivity index (χ2v) is 4.49. The van der Waals surface area contributed by atoms with Gasteiger partial charge in [0.05, 0.1) is 6.61 Å². The van der Waals surface area contributed by atoms with Crippen LogP contribution in [0.2, 0.25) is 0 Å². The summed E-state index contributed by atoms with van der Waals surface area (Å²) in [5.74, 6) is 0.315. The average Bonchev–Trinajstić information content (AvgIpc) is 2.33. The van der Waals surface area contributed by atoms with Gasteiger partial charge in [-0.15, -0.1) is 11.6 Å². The smallest absolute Gasteiger partial charge is 0.344 e. The molecule has 0 N–H and O–H groups in total. The van der Waals surface area contributed by atoms with Crippen molar-refractivity contribution in [1.29, 1.82) is 0 Å². The Morgan fingerprint density at radius 1 is 1.35 bits per heavy atom. The molecule has 0 saturated heterocycles. The summed E-state index contributed by atoms with van der Waals surface area (Å²) in [7, 11) is 0. The Morgan fingerprint density at radius 3 is 2.71 bits per heavy atom. The lowest BCUT2D eigenvalue weighted by Crippen LogP contribution is -2.15. The van der Waals surface area contributed by atoms with Crippen LogP contribution < -0.4 is 4.74 Å². The first-order valence-electron chi connectivity index (χ1n) is 5.66. The van der Waals surface area contributed by atoms with Crippen LogP contribution in [0.1, 0.15) is 19.8 Å². The van der Waals surface area contributed by atoms with E-state index >= 15 is 0 Å². The maximum Gasteiger partial charge on any atom is 0.344 e. The number of hydrogen-bond acceptors (Lipinski definition) is 3. The highest BCUT2D eigenvalue weighted by molar-refractivity contribution is 6.20. The summed E-state index contributed by atoms with van der Waals surface area (Å²) in [6.45, 7) is 2.26. The average molecular weight is 257 g/mol. The fraction of sp³-hybridized carbons (Fsp3) is 0.462. The van der Waals surface area contributed by atoms with Gasteiger partial charge in [0.1, 0.15) is 5.75 Å². The number of benzene rings is 1. The highest BCUT2D eigenvalue weighted by Gasteiger charge is 2.04. The Labute approximate surface area is 107 Å². The van der Waals surface area contributed by atoms with E-state index in [1.54, 1.807) is 12.1 Å². The largest absolute Gasteiger partial charge is 0.482 e. The molecule has 94 valence electrons. The number of rotatable bonds is 7. The van der Waals surface area contributed by atoms with E-state index in [1.165, 1.54) is 0 Å². The molecule has 0 aromatic heterocycles. The lowest BCUT2D eigenvalue weighted by molar-refractivity contribution is -0.146. The van der Waals surface area contributed by atoms with Crippen LogP contribution >= 0.6 is 11.6 Å². The lowest BCUT2D eigenvalue weighted by atomic mass is 10.3. The van der Waals surface area contributed by atoms with Gasteiger partial charge in [-0.25, -0.2) is 4.79 Å². The molecule has 0 aliphatic carbocycles. The molecule has 1 aromatic carbocycles. The van der Waals surface area contributed by atoms with Gasteiger partial charge in [0.2, 0.25) is 0 Å². The van der Waals surface area contributed by atoms with Gasteiger partial charge in [-0.1, -0.05) is 18.2 Å². The number of alkyl halides is 1. The molecule has 0 fully saturated rings. The summed E-state index contributed by atoms with van der Waals surface area (Å²) in [6.07, 6.45) is 1.62. The van der Waals surface area contributed by atoms with Crippen LogP contribution in [0.25, 0.3) is 0 Å². The number of hydrogen-bond donors (Lipinski definition) is 0. The van der Waals surface area contributed by atoms with Gasteiger partial charge in [0.25, 0.3) is 0 Å². The Morgan fingerprint density at radius 2 is 2.06 bits per heavy atom. The monoisotopic (exact) mass is 256 g/mol. The fourth-order valence-corrected chi connectivity index (χ4v) is 1.41. The van der Waals surface area contributed by atoms with Crippen LogP contribution in [-0.2, 0) is 9.53 Å². The van der Waals surface area contributed by atoms with Crippen LogP contribution in [0.5, 0.6) is 5.75 Å². The van der Waals surface area contributed by atoms with Crippen molar-refractivity contribution >= 4 is 17.6 Å². The second kappa shape index (κ2) is 7.96. The van der Waals surface area contributed by atoms with Gasteiger partial charge < -0.3 is 9.47 Å². The molecule has 0 amide bonds. The van der Waals surface area contributed by atoms with E-state index in [0.29, 0.717) is 12.4 Å². The summed E-state index contributed by atoms with van der Waals surface area (Å²) in [5.41, 5.74) is 0. The van der Waals surface area contributed by atoms with Crippen LogP contribution in [-0.4, -0.2) is 24.6 Å². The summed E-state index contributed by atoms with van der Waals surface area (Å²) in [4.78, 5) is 11.3. The topological polar surface area (TPSA) is 35.5 Å². The first kappa shape index (κ1) is 13.8. The number of ether oxygens (including phenoxy) is 2. The molecule has 0 spiro atoms. The quantitative estimate of drug-likeness (QED) is 0.427. The molecule has 1 rings (SSSR count). The molecule has 0 radical (unpaired) electrons. The summed E-state index contributed by atoms with van der Waals surface area (Å²) in [6, 6.07) is 9.18. The Bertz CT molecular complexity index is 325. The van der Waals surface area contributed by atoms with Crippen molar-refractivity contribution < 1.29 is 14.3 Å². The van der Waals surface area contributed by atoms with Gasteiger partial charge in [-0.3, -0.25) is 0 Å². The predicted octanol–water partition coefficient (Wildman–Crippen LogP) is 3.02. The molecular weight excluding hydrogens is 240 g/mol. The van der Waals surface area contributed by atoms with Crippen LogP contribution in [0.15, 0.2) is 30.3 Å². The lowest BCUT2D eigenvalue weighted by Gasteiger charge is -2.07. The fourth-order valence-electron chi connectivity index (χ4n) is 1.25. The van der Waals surface area contributed by atoms with Gasteiger partial charge in [0.15, 0.2) is 6.61 Å². The standard InChI is InChI=1S/C13H17ClO3/c1-11(14)6-5-9-16-13(15)10-17-12-7-3-2-4-8-12/h2-4,7-8,11H,5-6,9-10H2,1H3. The number of carbonyl (C=O) groups is 1. The van der Waals surface area contributed by atoms with Crippen molar-refractivity contribution in [3.8, 4) is 5.75 Å². The van der Waals surface area contributed by atoms with Crippen LogP contribution in [0, 0.1) is 0 Å². The van der Waals surface area contributed by atoms with E-state index in [2.05, 4.69) is 0 Å². The van der Waals surface area contributed by atoms with E-state index in [1.807, 2.05) is 25.1 Å². The van der Waals surface area contributed by atoms with E-state index in [-0.39, 0.29) is 18.0 Å². The van der Waals surface area contributed by atoms with Crippen LogP contribution in [0.3, 0.4) is 0 Å². The van der Waals surface area contributed by atoms with Gasteiger partial charge in [0, 0.05) is 5.38 Å². The number of carbonyl (C=O) groups excluding carboxylic acids is 1. The van der Waals surface area contributed by atoms with E-state index in [9.17, 15) is 4.79 Å². The molecule has 0 aliphatic heterocycles. The molecular formula is C13H17ClO3. The van der Waals surface area contributed by atoms with Crippen LogP contribution in [0.4, 0.5) is 0 Å². The first-order chi connectivity index (χ1) is 8.18. The molecule has 17 heavy (non-hydrogen) atoms. The Balaban J connectivity index is 2.09. The Hall–Kier alpha value is -1.22. The molecule has 1 unspecified atom stereocenters. The third-order valence-electron chi connectivity index (χ3n) is 2.11. The van der Waals surface area contributed by atoms with E-state index < -0.39 is 0 Å². The minimum atomic E-state index is -0.351. The van der Waals surface area contributed by atoms with Gasteiger partial charge in [-0.2, -0.15) is 0 Å². The highest BCUT2D eigenvalue weighted by atomic mass is 35.5. The van der Waals surface area contributed by atoms with Crippen molar-refractivity contribution in [3.63, 3.8) is 0 Å². The first-order valence-corrected chi connectivity index (χ1v) is 6.09. The zero-order valence-electron chi connectivity index (χ0n) is 9.90. The van der Waals surface area contributed by atoms with Crippen molar-refractivity contribution in [2.24, 2.45) is 0 Å². The summed E-state index contributed by atoms with van der Waals surface area (Å²) < 4.78 is 10.2. The molecule has 1 aromatic rings. The van der Waals surface area contributed by atoms with Gasteiger partial charge >= 0.3 is 5.97 Å². The minimum absolute atomic E-state index is 0.0551. The number of para-hydroxylation sites is 1. The molecule has 0 bridgehead atoms. The number of esters is 1. The zero-order chi connectivity index (χ0) is 12.5. The van der Waals surface area contributed by atoms with Crippen molar-refractivity contribution in [1.82, 2.24) is 0 Å². The number of halogens is 1. The van der Waals surface area contributed by atoms with Crippen molar-refractivity contribution in [3.05, 3.63) is 30.3 Å². The SMILES string of the molecule is CC(Cl)CCCOC(=O)COc1ccccc1. The van der Waals surface area contributed by atoms with Crippen molar-refractivity contribution in [2.75, 3.05) is 13.2 Å². The molecule has 0 saturated carbocycles. The zero-order valence-corrected chi connectivity index (χ0v) is 10.7. The molecule has 0 aliphatic rings. The molecule has 0 heterocycles.